The second-order valence-electron chi connectivity index (χ2n) is 7.07. The van der Waals surface area contributed by atoms with E-state index in [1.54, 1.807) is 0 Å². The van der Waals surface area contributed by atoms with Crippen LogP contribution in [0.2, 0.25) is 0 Å². The molecule has 5 nitrogen and oxygen atoms in total. The first-order valence-corrected chi connectivity index (χ1v) is 8.45. The highest BCUT2D eigenvalue weighted by molar-refractivity contribution is 5.20. The van der Waals surface area contributed by atoms with Crippen molar-refractivity contribution in [3.05, 3.63) is 17.0 Å². The molecule has 2 aliphatic rings. The summed E-state index contributed by atoms with van der Waals surface area (Å²) in [6, 6.07) is 0. The van der Waals surface area contributed by atoms with Crippen LogP contribution >= 0.6 is 0 Å². The van der Waals surface area contributed by atoms with E-state index in [0.717, 1.165) is 63.6 Å². The fraction of sp³-hybridized carbons (Fsp3) is 0.824. The third-order valence-corrected chi connectivity index (χ3v) is 5.71. The van der Waals surface area contributed by atoms with Gasteiger partial charge in [-0.25, -0.2) is 0 Å². The van der Waals surface area contributed by atoms with E-state index in [2.05, 4.69) is 17.0 Å². The van der Waals surface area contributed by atoms with Crippen molar-refractivity contribution in [3.63, 3.8) is 0 Å². The van der Waals surface area contributed by atoms with Gasteiger partial charge in [-0.15, -0.1) is 0 Å². The topological polar surface area (TPSA) is 58.7 Å². The normalized spacial score (nSPS) is 31.5. The summed E-state index contributed by atoms with van der Waals surface area (Å²) in [6.45, 7) is 10.5. The third-order valence-electron chi connectivity index (χ3n) is 5.71. The van der Waals surface area contributed by atoms with Crippen LogP contribution in [0.5, 0.6) is 0 Å². The van der Waals surface area contributed by atoms with Gasteiger partial charge >= 0.3 is 0 Å². The highest BCUT2D eigenvalue weighted by Gasteiger charge is 2.45. The Bertz CT molecular complexity index is 491. The van der Waals surface area contributed by atoms with Gasteiger partial charge in [0.05, 0.1) is 11.3 Å². The first-order valence-electron chi connectivity index (χ1n) is 8.45. The molecular weight excluding hydrogens is 280 g/mol. The van der Waals surface area contributed by atoms with Crippen LogP contribution in [0.3, 0.4) is 0 Å². The minimum Gasteiger partial charge on any atom is -0.389 e. The van der Waals surface area contributed by atoms with E-state index in [1.165, 1.54) is 5.56 Å². The fourth-order valence-corrected chi connectivity index (χ4v) is 4.12. The number of hydrogen-bond acceptors (Lipinski definition) is 5. The van der Waals surface area contributed by atoms with E-state index < -0.39 is 5.60 Å². The SMILES string of the molecule is Cc1noc(C)c1CN1CC[C@@](O)(C2CCOCC2)[C@H](C)C1. The summed E-state index contributed by atoms with van der Waals surface area (Å²) >= 11 is 0. The summed E-state index contributed by atoms with van der Waals surface area (Å²) in [6.07, 6.45) is 2.83. The van der Waals surface area contributed by atoms with Crippen molar-refractivity contribution in [2.24, 2.45) is 11.8 Å². The molecule has 2 atom stereocenters. The van der Waals surface area contributed by atoms with E-state index in [0.29, 0.717) is 5.92 Å². The molecule has 2 saturated heterocycles. The Morgan fingerprint density at radius 2 is 2.05 bits per heavy atom. The lowest BCUT2D eigenvalue weighted by Gasteiger charge is -2.48. The molecule has 0 aliphatic carbocycles. The van der Waals surface area contributed by atoms with Crippen LogP contribution < -0.4 is 0 Å². The molecule has 3 heterocycles. The number of aliphatic hydroxyl groups is 1. The zero-order chi connectivity index (χ0) is 15.7. The number of aromatic nitrogens is 1. The maximum atomic E-state index is 11.2. The van der Waals surface area contributed by atoms with Gasteiger partial charge in [-0.2, -0.15) is 0 Å². The average molecular weight is 308 g/mol. The van der Waals surface area contributed by atoms with Gasteiger partial charge in [-0.1, -0.05) is 12.1 Å². The van der Waals surface area contributed by atoms with Crippen molar-refractivity contribution in [1.29, 1.82) is 0 Å². The third kappa shape index (κ3) is 2.94. The van der Waals surface area contributed by atoms with Gasteiger partial charge in [0, 0.05) is 38.4 Å². The molecular formula is C17H28N2O3. The van der Waals surface area contributed by atoms with Crippen molar-refractivity contribution >= 4 is 0 Å². The Balaban J connectivity index is 1.64. The molecule has 5 heteroatoms. The Kier molecular flexibility index (Phi) is 4.57. The predicted molar refractivity (Wildman–Crippen MR) is 83.5 cm³/mol. The Morgan fingerprint density at radius 3 is 2.64 bits per heavy atom. The number of ether oxygens (including phenoxy) is 1. The van der Waals surface area contributed by atoms with Crippen LogP contribution in [0.4, 0.5) is 0 Å². The molecule has 1 N–H and O–H groups in total. The van der Waals surface area contributed by atoms with Gasteiger partial charge in [0.15, 0.2) is 0 Å². The van der Waals surface area contributed by atoms with Crippen LogP contribution in [-0.2, 0) is 11.3 Å². The van der Waals surface area contributed by atoms with Gasteiger partial charge in [-0.05, 0) is 44.9 Å². The van der Waals surface area contributed by atoms with Gasteiger partial charge < -0.3 is 14.4 Å². The largest absolute Gasteiger partial charge is 0.389 e. The predicted octanol–water partition coefficient (Wildman–Crippen LogP) is 2.29. The summed E-state index contributed by atoms with van der Waals surface area (Å²) in [5.41, 5.74) is 1.65. The molecule has 0 unspecified atom stereocenters. The van der Waals surface area contributed by atoms with Gasteiger partial charge in [-0.3, -0.25) is 4.90 Å². The van der Waals surface area contributed by atoms with Gasteiger partial charge in [0.25, 0.3) is 0 Å². The van der Waals surface area contributed by atoms with Crippen LogP contribution in [0.15, 0.2) is 4.52 Å². The molecule has 1 aromatic heterocycles. The lowest BCUT2D eigenvalue weighted by molar-refractivity contribution is -0.131. The molecule has 0 amide bonds. The summed E-state index contributed by atoms with van der Waals surface area (Å²) < 4.78 is 10.7. The maximum Gasteiger partial charge on any atom is 0.138 e. The monoisotopic (exact) mass is 308 g/mol. The number of hydrogen-bond donors (Lipinski definition) is 1. The number of aryl methyl sites for hydroxylation is 2. The van der Waals surface area contributed by atoms with Gasteiger partial charge in [0.2, 0.25) is 0 Å². The molecule has 0 bridgehead atoms. The second kappa shape index (κ2) is 6.30. The number of likely N-dealkylation sites (tertiary alicyclic amines) is 1. The lowest BCUT2D eigenvalue weighted by atomic mass is 9.70. The molecule has 2 fully saturated rings. The minimum atomic E-state index is -0.529. The maximum absolute atomic E-state index is 11.2. The van der Waals surface area contributed by atoms with Crippen molar-refractivity contribution in [1.82, 2.24) is 10.1 Å². The van der Waals surface area contributed by atoms with Crippen LogP contribution in [0, 0.1) is 25.7 Å². The first kappa shape index (κ1) is 16.0. The lowest BCUT2D eigenvalue weighted by Crippen LogP contribution is -2.55. The zero-order valence-corrected chi connectivity index (χ0v) is 14.0. The number of rotatable bonds is 3. The standard InChI is InChI=1S/C17H28N2O3/c1-12-10-19(11-16-13(2)18-22-14(16)3)7-6-17(12,20)15-4-8-21-9-5-15/h12,15,20H,4-11H2,1-3H3/t12-,17+/m1/s1. The van der Waals surface area contributed by atoms with Crippen molar-refractivity contribution in [2.45, 2.75) is 52.2 Å². The number of piperidine rings is 1. The second-order valence-corrected chi connectivity index (χ2v) is 7.07. The highest BCUT2D eigenvalue weighted by atomic mass is 16.5. The Morgan fingerprint density at radius 1 is 1.32 bits per heavy atom. The summed E-state index contributed by atoms with van der Waals surface area (Å²) in [4.78, 5) is 2.42. The molecule has 3 rings (SSSR count). The molecule has 0 saturated carbocycles. The van der Waals surface area contributed by atoms with Gasteiger partial charge in [0.1, 0.15) is 5.76 Å². The first-order chi connectivity index (χ1) is 10.5. The molecule has 0 aromatic carbocycles. The number of nitrogens with zero attached hydrogens (tertiary/aromatic N) is 2. The quantitative estimate of drug-likeness (QED) is 0.928. The molecule has 0 spiro atoms. The Hall–Kier alpha value is -0.910. The van der Waals surface area contributed by atoms with Crippen LogP contribution in [-0.4, -0.2) is 47.1 Å². The minimum absolute atomic E-state index is 0.282. The van der Waals surface area contributed by atoms with E-state index >= 15 is 0 Å². The molecule has 22 heavy (non-hydrogen) atoms. The van der Waals surface area contributed by atoms with E-state index in [1.807, 2.05) is 13.8 Å². The molecule has 1 aromatic rings. The summed E-state index contributed by atoms with van der Waals surface area (Å²) in [7, 11) is 0. The molecule has 2 aliphatic heterocycles. The smallest absolute Gasteiger partial charge is 0.138 e. The Labute approximate surface area is 132 Å². The fourth-order valence-electron chi connectivity index (χ4n) is 4.12. The van der Waals surface area contributed by atoms with Crippen molar-refractivity contribution in [3.8, 4) is 0 Å². The molecule has 0 radical (unpaired) electrons. The summed E-state index contributed by atoms with van der Waals surface area (Å²) in [5, 5.41) is 15.2. The van der Waals surface area contributed by atoms with E-state index in [-0.39, 0.29) is 5.92 Å². The highest BCUT2D eigenvalue weighted by Crippen LogP contribution is 2.39. The van der Waals surface area contributed by atoms with Crippen LogP contribution in [0.25, 0.3) is 0 Å². The average Bonchev–Trinajstić information content (AvgIpc) is 2.84. The van der Waals surface area contributed by atoms with Crippen molar-refractivity contribution in [2.75, 3.05) is 26.3 Å². The zero-order valence-electron chi connectivity index (χ0n) is 14.0. The van der Waals surface area contributed by atoms with E-state index in [9.17, 15) is 5.11 Å². The molecule has 124 valence electrons. The van der Waals surface area contributed by atoms with Crippen LogP contribution in [0.1, 0.15) is 43.2 Å². The van der Waals surface area contributed by atoms with Crippen molar-refractivity contribution < 1.29 is 14.4 Å². The summed E-state index contributed by atoms with van der Waals surface area (Å²) in [5.74, 6) is 1.58. The van der Waals surface area contributed by atoms with E-state index in [4.69, 9.17) is 9.26 Å².